The average molecular weight is 438 g/mol. The van der Waals surface area contributed by atoms with Crippen molar-refractivity contribution >= 4 is 11.9 Å². The van der Waals surface area contributed by atoms with Gasteiger partial charge in [-0.25, -0.2) is 4.79 Å². The van der Waals surface area contributed by atoms with E-state index in [0.29, 0.717) is 6.61 Å². The van der Waals surface area contributed by atoms with Crippen molar-refractivity contribution in [2.24, 2.45) is 5.92 Å². The maximum atomic E-state index is 13.4. The topological polar surface area (TPSA) is 46.6 Å². The molecule has 0 aromatic rings. The quantitative estimate of drug-likeness (QED) is 0.156. The van der Waals surface area contributed by atoms with Crippen molar-refractivity contribution in [3.8, 4) is 0 Å². The van der Waals surface area contributed by atoms with Gasteiger partial charge in [-0.2, -0.15) is 0 Å². The smallest absolute Gasteiger partial charge is 0.328 e. The summed E-state index contributed by atoms with van der Waals surface area (Å²) in [4.78, 5) is 28.0. The Morgan fingerprint density at radius 2 is 1.29 bits per heavy atom. The van der Waals surface area contributed by atoms with Crippen molar-refractivity contribution < 1.29 is 14.3 Å². The molecule has 0 radical (unpaired) electrons. The Morgan fingerprint density at radius 1 is 0.774 bits per heavy atom. The fourth-order valence-electron chi connectivity index (χ4n) is 4.69. The first-order valence-electron chi connectivity index (χ1n) is 13.6. The molecule has 2 atom stereocenters. The fraction of sp³-hybridized carbons (Fsp3) is 0.926. The van der Waals surface area contributed by atoms with Crippen LogP contribution in [0.4, 0.5) is 0 Å². The summed E-state index contributed by atoms with van der Waals surface area (Å²) in [6.07, 6.45) is 20.4. The highest BCUT2D eigenvalue weighted by molar-refractivity contribution is 5.86. The van der Waals surface area contributed by atoms with Crippen LogP contribution in [0.5, 0.6) is 0 Å². The molecule has 31 heavy (non-hydrogen) atoms. The van der Waals surface area contributed by atoms with Crippen LogP contribution < -0.4 is 0 Å². The van der Waals surface area contributed by atoms with Gasteiger partial charge in [0.05, 0.1) is 6.61 Å². The van der Waals surface area contributed by atoms with E-state index in [1.807, 2.05) is 4.90 Å². The number of carbonyl (C=O) groups excluding carboxylic acids is 2. The highest BCUT2D eigenvalue weighted by Gasteiger charge is 2.37. The van der Waals surface area contributed by atoms with Crippen molar-refractivity contribution in [3.05, 3.63) is 0 Å². The third-order valence-electron chi connectivity index (χ3n) is 6.71. The second-order valence-electron chi connectivity index (χ2n) is 9.52. The number of hydrogen-bond donors (Lipinski definition) is 0. The Hall–Kier alpha value is -1.06. The molecule has 0 aliphatic carbocycles. The maximum Gasteiger partial charge on any atom is 0.328 e. The molecule has 1 saturated heterocycles. The molecular formula is C27H51NO3. The third kappa shape index (κ3) is 11.9. The third-order valence-corrected chi connectivity index (χ3v) is 6.71. The summed E-state index contributed by atoms with van der Waals surface area (Å²) in [5.41, 5.74) is 0. The molecule has 0 saturated carbocycles. The van der Waals surface area contributed by atoms with E-state index in [9.17, 15) is 9.59 Å². The standard InChI is InChI=1S/C27H51NO3/c1-4-7-10-13-14-16-20-24(19-15-11-8-5-2)26(29)28-22-18-21-25(28)27(30)31-23-17-12-9-6-3/h24-25H,4-23H2,1-3H3. The summed E-state index contributed by atoms with van der Waals surface area (Å²) >= 11 is 0. The second-order valence-corrected chi connectivity index (χ2v) is 9.52. The van der Waals surface area contributed by atoms with Gasteiger partial charge in [-0.3, -0.25) is 4.79 Å². The Kier molecular flexibility index (Phi) is 16.7. The molecular weight excluding hydrogens is 386 g/mol. The van der Waals surface area contributed by atoms with E-state index in [0.717, 1.165) is 57.9 Å². The zero-order chi connectivity index (χ0) is 22.7. The summed E-state index contributed by atoms with van der Waals surface area (Å²) in [6.45, 7) is 7.86. The molecule has 1 aliphatic heterocycles. The molecule has 1 heterocycles. The first-order valence-corrected chi connectivity index (χ1v) is 13.6. The molecule has 182 valence electrons. The molecule has 4 nitrogen and oxygen atoms in total. The number of esters is 1. The van der Waals surface area contributed by atoms with Crippen LogP contribution in [0.3, 0.4) is 0 Å². The number of rotatable bonds is 19. The number of likely N-dealkylation sites (tertiary alicyclic amines) is 1. The largest absolute Gasteiger partial charge is 0.464 e. The van der Waals surface area contributed by atoms with Gasteiger partial charge < -0.3 is 9.64 Å². The van der Waals surface area contributed by atoms with Gasteiger partial charge in [-0.05, 0) is 32.1 Å². The first-order chi connectivity index (χ1) is 15.2. The Bertz CT molecular complexity index is 465. The minimum atomic E-state index is -0.346. The lowest BCUT2D eigenvalue weighted by molar-refractivity contribution is -0.155. The molecule has 1 rings (SSSR count). The molecule has 4 heteroatoms. The van der Waals surface area contributed by atoms with Crippen LogP contribution in [0.25, 0.3) is 0 Å². The molecule has 0 N–H and O–H groups in total. The monoisotopic (exact) mass is 437 g/mol. The fourth-order valence-corrected chi connectivity index (χ4v) is 4.69. The summed E-state index contributed by atoms with van der Waals surface area (Å²) in [5.74, 6) is 0.128. The van der Waals surface area contributed by atoms with Gasteiger partial charge in [0, 0.05) is 12.5 Å². The van der Waals surface area contributed by atoms with Crippen molar-refractivity contribution in [3.63, 3.8) is 0 Å². The van der Waals surface area contributed by atoms with E-state index in [2.05, 4.69) is 20.8 Å². The summed E-state index contributed by atoms with van der Waals surface area (Å²) in [6, 6.07) is -0.346. The molecule has 1 amide bonds. The maximum absolute atomic E-state index is 13.4. The lowest BCUT2D eigenvalue weighted by Crippen LogP contribution is -2.44. The van der Waals surface area contributed by atoms with Crippen LogP contribution in [0.15, 0.2) is 0 Å². The summed E-state index contributed by atoms with van der Waals surface area (Å²) in [7, 11) is 0. The van der Waals surface area contributed by atoms with Gasteiger partial charge in [0.1, 0.15) is 6.04 Å². The van der Waals surface area contributed by atoms with Crippen LogP contribution in [-0.2, 0) is 14.3 Å². The lowest BCUT2D eigenvalue weighted by atomic mass is 9.92. The first kappa shape index (κ1) is 28.0. The van der Waals surface area contributed by atoms with Gasteiger partial charge in [0.15, 0.2) is 0 Å². The van der Waals surface area contributed by atoms with Gasteiger partial charge >= 0.3 is 5.97 Å². The van der Waals surface area contributed by atoms with Crippen LogP contribution in [-0.4, -0.2) is 36.0 Å². The van der Waals surface area contributed by atoms with Crippen molar-refractivity contribution in [1.82, 2.24) is 4.90 Å². The number of amides is 1. The molecule has 1 aliphatic rings. The molecule has 2 unspecified atom stereocenters. The summed E-state index contributed by atoms with van der Waals surface area (Å²) < 4.78 is 5.55. The van der Waals surface area contributed by atoms with Crippen LogP contribution >= 0.6 is 0 Å². The van der Waals surface area contributed by atoms with E-state index in [1.165, 1.54) is 64.2 Å². The Labute approximate surface area is 192 Å². The minimum Gasteiger partial charge on any atom is -0.464 e. The van der Waals surface area contributed by atoms with Crippen LogP contribution in [0.2, 0.25) is 0 Å². The number of hydrogen-bond acceptors (Lipinski definition) is 3. The molecule has 0 spiro atoms. The molecule has 0 aromatic heterocycles. The van der Waals surface area contributed by atoms with Crippen LogP contribution in [0, 0.1) is 5.92 Å². The minimum absolute atomic E-state index is 0.0842. The number of carbonyl (C=O) groups is 2. The predicted molar refractivity (Wildman–Crippen MR) is 130 cm³/mol. The zero-order valence-electron chi connectivity index (χ0n) is 21.0. The Morgan fingerprint density at radius 3 is 1.90 bits per heavy atom. The molecule has 1 fully saturated rings. The number of nitrogens with zero attached hydrogens (tertiary/aromatic N) is 1. The highest BCUT2D eigenvalue weighted by Crippen LogP contribution is 2.26. The molecule has 0 bridgehead atoms. The van der Waals surface area contributed by atoms with Crippen molar-refractivity contribution in [2.45, 2.75) is 142 Å². The van der Waals surface area contributed by atoms with Crippen molar-refractivity contribution in [1.29, 1.82) is 0 Å². The Balaban J connectivity index is 2.55. The SMILES string of the molecule is CCCCCCCCC(CCCCCC)C(=O)N1CCCC1C(=O)OCCCCCC. The zero-order valence-corrected chi connectivity index (χ0v) is 21.0. The number of unbranched alkanes of at least 4 members (excludes halogenated alkanes) is 11. The van der Waals surface area contributed by atoms with E-state index in [1.54, 1.807) is 0 Å². The lowest BCUT2D eigenvalue weighted by Gasteiger charge is -2.28. The normalized spacial score (nSPS) is 17.1. The number of ether oxygens (including phenoxy) is 1. The van der Waals surface area contributed by atoms with Gasteiger partial charge in [-0.1, -0.05) is 104 Å². The molecule has 0 aromatic carbocycles. The van der Waals surface area contributed by atoms with Crippen LogP contribution in [0.1, 0.15) is 136 Å². The van der Waals surface area contributed by atoms with Gasteiger partial charge in [0.25, 0.3) is 0 Å². The van der Waals surface area contributed by atoms with Gasteiger partial charge in [-0.15, -0.1) is 0 Å². The van der Waals surface area contributed by atoms with Gasteiger partial charge in [0.2, 0.25) is 5.91 Å². The second kappa shape index (κ2) is 18.5. The summed E-state index contributed by atoms with van der Waals surface area (Å²) in [5, 5.41) is 0. The van der Waals surface area contributed by atoms with E-state index >= 15 is 0 Å². The van der Waals surface area contributed by atoms with E-state index in [4.69, 9.17) is 4.74 Å². The highest BCUT2D eigenvalue weighted by atomic mass is 16.5. The van der Waals surface area contributed by atoms with E-state index in [-0.39, 0.29) is 23.8 Å². The van der Waals surface area contributed by atoms with E-state index < -0.39 is 0 Å². The van der Waals surface area contributed by atoms with Crippen molar-refractivity contribution in [2.75, 3.05) is 13.2 Å². The predicted octanol–water partition coefficient (Wildman–Crippen LogP) is 7.44. The average Bonchev–Trinajstić information content (AvgIpc) is 3.27.